The zero-order chi connectivity index (χ0) is 10.4. The molecule has 0 saturated heterocycles. The minimum absolute atomic E-state index is 0.617. The van der Waals surface area contributed by atoms with E-state index in [2.05, 4.69) is 46.5 Å². The van der Waals surface area contributed by atoms with Crippen molar-refractivity contribution in [1.82, 2.24) is 5.32 Å². The van der Waals surface area contributed by atoms with Crippen LogP contribution in [0.5, 0.6) is 0 Å². The molecule has 0 bridgehead atoms. The van der Waals surface area contributed by atoms with Crippen LogP contribution < -0.4 is 5.32 Å². The maximum absolute atomic E-state index is 3.47. The van der Waals surface area contributed by atoms with E-state index in [1.54, 1.807) is 0 Å². The van der Waals surface area contributed by atoms with Crippen LogP contribution in [0.15, 0.2) is 15.9 Å². The van der Waals surface area contributed by atoms with E-state index in [-0.39, 0.29) is 0 Å². The number of rotatable bonds is 6. The highest BCUT2D eigenvalue weighted by molar-refractivity contribution is 9.10. The molecule has 1 aromatic heterocycles. The van der Waals surface area contributed by atoms with Gasteiger partial charge in [-0.25, -0.2) is 0 Å². The van der Waals surface area contributed by atoms with Gasteiger partial charge in [-0.15, -0.1) is 11.3 Å². The van der Waals surface area contributed by atoms with Crippen LogP contribution >= 0.6 is 27.3 Å². The summed E-state index contributed by atoms with van der Waals surface area (Å²) in [6.07, 6.45) is 3.77. The monoisotopic (exact) mass is 275 g/mol. The minimum Gasteiger partial charge on any atom is -0.315 e. The molecule has 1 heterocycles. The molecule has 0 fully saturated rings. The molecule has 0 saturated carbocycles. The Kier molecular flexibility index (Phi) is 5.75. The first kappa shape index (κ1) is 12.2. The van der Waals surface area contributed by atoms with Crippen LogP contribution in [0.2, 0.25) is 0 Å². The fraction of sp³-hybridized carbons (Fsp3) is 0.636. The Balaban J connectivity index is 2.04. The van der Waals surface area contributed by atoms with Crippen molar-refractivity contribution in [2.75, 3.05) is 6.54 Å². The summed E-state index contributed by atoms with van der Waals surface area (Å²) in [4.78, 5) is 1.49. The van der Waals surface area contributed by atoms with Crippen LogP contribution in [-0.4, -0.2) is 12.6 Å². The zero-order valence-electron chi connectivity index (χ0n) is 8.85. The molecular formula is C11H18BrNS. The maximum atomic E-state index is 3.47. The lowest BCUT2D eigenvalue weighted by Gasteiger charge is -2.06. The van der Waals surface area contributed by atoms with Gasteiger partial charge < -0.3 is 5.32 Å². The van der Waals surface area contributed by atoms with E-state index < -0.39 is 0 Å². The fourth-order valence-corrected chi connectivity index (χ4v) is 2.80. The van der Waals surface area contributed by atoms with Gasteiger partial charge >= 0.3 is 0 Å². The molecule has 1 nitrogen and oxygen atoms in total. The number of aryl methyl sites for hydroxylation is 1. The van der Waals surface area contributed by atoms with Gasteiger partial charge in [0.25, 0.3) is 0 Å². The molecule has 1 N–H and O–H groups in total. The maximum Gasteiger partial charge on any atom is 0.0285 e. The molecule has 0 spiro atoms. The van der Waals surface area contributed by atoms with Crippen LogP contribution in [-0.2, 0) is 6.42 Å². The Labute approximate surface area is 99.0 Å². The molecular weight excluding hydrogens is 258 g/mol. The topological polar surface area (TPSA) is 12.0 Å². The fourth-order valence-electron chi connectivity index (χ4n) is 1.30. The van der Waals surface area contributed by atoms with E-state index in [1.165, 1.54) is 28.6 Å². The number of thiophene rings is 1. The molecule has 1 aromatic rings. The third-order valence-electron chi connectivity index (χ3n) is 2.02. The van der Waals surface area contributed by atoms with E-state index in [4.69, 9.17) is 0 Å². The average molecular weight is 276 g/mol. The summed E-state index contributed by atoms with van der Waals surface area (Å²) in [5.41, 5.74) is 0. The number of halogens is 1. The molecule has 0 unspecified atom stereocenters. The van der Waals surface area contributed by atoms with Gasteiger partial charge in [0.1, 0.15) is 0 Å². The molecule has 3 heteroatoms. The second-order valence-corrected chi connectivity index (χ2v) is 5.71. The predicted octanol–water partition coefficient (Wildman–Crippen LogP) is 3.83. The molecule has 0 amide bonds. The molecule has 14 heavy (non-hydrogen) atoms. The standard InChI is InChI=1S/C11H18BrNS/c1-9(2)13-6-4-3-5-11-7-10(12)8-14-11/h7-9,13H,3-6H2,1-2H3. The van der Waals surface area contributed by atoms with Crippen LogP contribution in [0.25, 0.3) is 0 Å². The zero-order valence-corrected chi connectivity index (χ0v) is 11.2. The summed E-state index contributed by atoms with van der Waals surface area (Å²) in [5.74, 6) is 0. The lowest BCUT2D eigenvalue weighted by atomic mass is 10.2. The first-order valence-corrected chi connectivity index (χ1v) is 6.82. The van der Waals surface area contributed by atoms with Gasteiger partial charge in [-0.3, -0.25) is 0 Å². The Morgan fingerprint density at radius 1 is 1.43 bits per heavy atom. The van der Waals surface area contributed by atoms with E-state index in [0.717, 1.165) is 6.54 Å². The van der Waals surface area contributed by atoms with Crippen LogP contribution in [0, 0.1) is 0 Å². The average Bonchev–Trinajstić information content (AvgIpc) is 2.50. The van der Waals surface area contributed by atoms with Crippen molar-refractivity contribution in [2.24, 2.45) is 0 Å². The van der Waals surface area contributed by atoms with E-state index >= 15 is 0 Å². The van der Waals surface area contributed by atoms with Gasteiger partial charge in [0.05, 0.1) is 0 Å². The second kappa shape index (κ2) is 6.59. The highest BCUT2D eigenvalue weighted by Crippen LogP contribution is 2.21. The van der Waals surface area contributed by atoms with Gasteiger partial charge in [0.15, 0.2) is 0 Å². The highest BCUT2D eigenvalue weighted by Gasteiger charge is 1.97. The number of hydrogen-bond acceptors (Lipinski definition) is 2. The molecule has 0 aliphatic heterocycles. The van der Waals surface area contributed by atoms with Crippen LogP contribution in [0.3, 0.4) is 0 Å². The third kappa shape index (κ3) is 5.13. The van der Waals surface area contributed by atoms with Crippen molar-refractivity contribution < 1.29 is 0 Å². The van der Waals surface area contributed by atoms with Crippen LogP contribution in [0.1, 0.15) is 31.6 Å². The third-order valence-corrected chi connectivity index (χ3v) is 3.78. The molecule has 0 aliphatic rings. The molecule has 0 radical (unpaired) electrons. The lowest BCUT2D eigenvalue weighted by Crippen LogP contribution is -2.23. The van der Waals surface area contributed by atoms with Gasteiger partial charge in [-0.2, -0.15) is 0 Å². The molecule has 0 aromatic carbocycles. The van der Waals surface area contributed by atoms with Gasteiger partial charge in [-0.1, -0.05) is 13.8 Å². The van der Waals surface area contributed by atoms with Gasteiger partial charge in [-0.05, 0) is 47.8 Å². The first-order chi connectivity index (χ1) is 6.68. The molecule has 80 valence electrons. The number of hydrogen-bond donors (Lipinski definition) is 1. The Hall–Kier alpha value is 0.140. The Bertz CT molecular complexity index is 258. The first-order valence-electron chi connectivity index (χ1n) is 5.15. The van der Waals surface area contributed by atoms with E-state index in [9.17, 15) is 0 Å². The van der Waals surface area contributed by atoms with Crippen LogP contribution in [0.4, 0.5) is 0 Å². The smallest absolute Gasteiger partial charge is 0.0285 e. The molecule has 0 atom stereocenters. The Morgan fingerprint density at radius 2 is 2.21 bits per heavy atom. The van der Waals surface area contributed by atoms with E-state index in [0.29, 0.717) is 6.04 Å². The van der Waals surface area contributed by atoms with Crippen molar-refractivity contribution in [3.63, 3.8) is 0 Å². The van der Waals surface area contributed by atoms with Crippen molar-refractivity contribution in [3.05, 3.63) is 20.8 Å². The normalized spacial score (nSPS) is 11.1. The summed E-state index contributed by atoms with van der Waals surface area (Å²) in [6, 6.07) is 2.84. The minimum atomic E-state index is 0.617. The van der Waals surface area contributed by atoms with Crippen molar-refractivity contribution in [1.29, 1.82) is 0 Å². The number of unbranched alkanes of at least 4 members (excludes halogenated alkanes) is 1. The second-order valence-electron chi connectivity index (χ2n) is 3.80. The summed E-state index contributed by atoms with van der Waals surface area (Å²) in [7, 11) is 0. The van der Waals surface area contributed by atoms with E-state index in [1.807, 2.05) is 11.3 Å². The summed E-state index contributed by atoms with van der Waals surface area (Å²) >= 11 is 5.32. The largest absolute Gasteiger partial charge is 0.315 e. The SMILES string of the molecule is CC(C)NCCCCc1cc(Br)cs1. The lowest BCUT2D eigenvalue weighted by molar-refractivity contribution is 0.558. The van der Waals surface area contributed by atoms with Gasteiger partial charge in [0, 0.05) is 20.8 Å². The Morgan fingerprint density at radius 3 is 2.79 bits per heavy atom. The van der Waals surface area contributed by atoms with Crippen molar-refractivity contribution >= 4 is 27.3 Å². The van der Waals surface area contributed by atoms with Crippen molar-refractivity contribution in [2.45, 2.75) is 39.2 Å². The summed E-state index contributed by atoms with van der Waals surface area (Å²) in [5, 5.41) is 5.59. The molecule has 1 rings (SSSR count). The highest BCUT2D eigenvalue weighted by atomic mass is 79.9. The summed E-state index contributed by atoms with van der Waals surface area (Å²) < 4.78 is 1.22. The predicted molar refractivity (Wildman–Crippen MR) is 68.1 cm³/mol. The molecule has 0 aliphatic carbocycles. The van der Waals surface area contributed by atoms with Crippen molar-refractivity contribution in [3.8, 4) is 0 Å². The number of nitrogens with one attached hydrogen (secondary N) is 1. The quantitative estimate of drug-likeness (QED) is 0.779. The van der Waals surface area contributed by atoms with Gasteiger partial charge in [0.2, 0.25) is 0 Å². The summed E-state index contributed by atoms with van der Waals surface area (Å²) in [6.45, 7) is 5.52.